The summed E-state index contributed by atoms with van der Waals surface area (Å²) < 4.78 is 27.8. The number of thioether (sulfide) groups is 1. The molecule has 3 aromatic rings. The maximum absolute atomic E-state index is 13.4. The smallest absolute Gasteiger partial charge is 0.261 e. The average molecular weight is 532 g/mol. The molecule has 0 radical (unpaired) electrons. The monoisotopic (exact) mass is 531 g/mol. The Morgan fingerprint density at radius 2 is 1.69 bits per heavy atom. The Kier molecular flexibility index (Phi) is 10.1. The minimum atomic E-state index is -0.248. The number of thiazole rings is 1. The molecule has 2 nitrogen and oxygen atoms in total. The topological polar surface area (TPSA) is 26.2 Å². The highest BCUT2D eigenvalue weighted by Gasteiger charge is 2.17. The third kappa shape index (κ3) is 6.84. The quantitative estimate of drug-likeness (QED) is 0.364. The lowest BCUT2D eigenvalue weighted by atomic mass is 9.94. The number of allylic oxidation sites excluding steroid dienone is 6. The normalized spacial score (nSPS) is 17.2. The Balaban J connectivity index is 0.000000815. The predicted octanol–water partition coefficient (Wildman–Crippen LogP) is 9.72. The number of hydrogen-bond acceptors (Lipinski definition) is 3. The summed E-state index contributed by atoms with van der Waals surface area (Å²) in [7, 11) is 0. The molecule has 2 heterocycles. The third-order valence-corrected chi connectivity index (χ3v) is 7.72. The zero-order chi connectivity index (χ0) is 25.4. The molecule has 5 rings (SSSR count). The first-order chi connectivity index (χ1) is 17.0. The van der Waals surface area contributed by atoms with Crippen LogP contribution in [0.5, 0.6) is 0 Å². The number of anilines is 1. The second-order valence-electron chi connectivity index (χ2n) is 7.35. The van der Waals surface area contributed by atoms with Gasteiger partial charge in [-0.05, 0) is 66.8 Å². The van der Waals surface area contributed by atoms with Crippen molar-refractivity contribution in [3.05, 3.63) is 92.5 Å². The van der Waals surface area contributed by atoms with Gasteiger partial charge in [0.1, 0.15) is 16.3 Å². The Morgan fingerprint density at radius 1 is 0.943 bits per heavy atom. The van der Waals surface area contributed by atoms with E-state index in [1.165, 1.54) is 24.3 Å². The molecule has 0 fully saturated rings. The number of hydrogen-bond donors (Lipinski definition) is 1. The summed E-state index contributed by atoms with van der Waals surface area (Å²) in [6.07, 6.45) is 10.9. The summed E-state index contributed by atoms with van der Waals surface area (Å²) in [6, 6.07) is 9.52. The van der Waals surface area contributed by atoms with Crippen LogP contribution in [-0.4, -0.2) is 0 Å². The van der Waals surface area contributed by atoms with Gasteiger partial charge in [-0.25, -0.2) is 8.78 Å². The van der Waals surface area contributed by atoms with Crippen LogP contribution in [0.4, 0.5) is 14.5 Å². The van der Waals surface area contributed by atoms with Crippen molar-refractivity contribution in [1.82, 2.24) is 0 Å². The van der Waals surface area contributed by atoms with Gasteiger partial charge in [-0.15, -0.1) is 0 Å². The van der Waals surface area contributed by atoms with Gasteiger partial charge < -0.3 is 5.32 Å². The third-order valence-electron chi connectivity index (χ3n) is 5.17. The molecular weight excluding hydrogens is 502 g/mol. The Bertz CT molecular complexity index is 1310. The van der Waals surface area contributed by atoms with Crippen LogP contribution in [0.3, 0.4) is 0 Å². The van der Waals surface area contributed by atoms with Gasteiger partial charge in [0.2, 0.25) is 5.52 Å². The van der Waals surface area contributed by atoms with Gasteiger partial charge in [0.25, 0.3) is 5.01 Å². The molecule has 1 aliphatic heterocycles. The molecule has 0 atom stereocenters. The maximum Gasteiger partial charge on any atom is 0.261 e. The van der Waals surface area contributed by atoms with Crippen LogP contribution in [0.15, 0.2) is 80.7 Å². The molecule has 0 saturated carbocycles. The molecule has 184 valence electrons. The molecule has 0 bridgehead atoms. The van der Waals surface area contributed by atoms with Gasteiger partial charge in [-0.3, -0.25) is 0 Å². The molecule has 1 aliphatic carbocycles. The van der Waals surface area contributed by atoms with Crippen LogP contribution in [0.1, 0.15) is 52.0 Å². The number of aromatic amines is 1. The molecule has 7 heteroatoms. The summed E-state index contributed by atoms with van der Waals surface area (Å²) in [5, 5.41) is 5.92. The number of benzene rings is 2. The van der Waals surface area contributed by atoms with Crippen molar-refractivity contribution >= 4 is 56.7 Å². The number of nitrogens with one attached hydrogen (secondary N) is 2. The Morgan fingerprint density at radius 3 is 2.49 bits per heavy atom. The van der Waals surface area contributed by atoms with Crippen molar-refractivity contribution in [1.29, 1.82) is 0 Å². The summed E-state index contributed by atoms with van der Waals surface area (Å²) in [5.74, 6) is -0.496. The van der Waals surface area contributed by atoms with Crippen LogP contribution >= 0.6 is 34.7 Å². The van der Waals surface area contributed by atoms with E-state index in [9.17, 15) is 8.78 Å². The van der Waals surface area contributed by atoms with Crippen molar-refractivity contribution in [3.63, 3.8) is 0 Å². The van der Waals surface area contributed by atoms with Gasteiger partial charge in [0.05, 0.1) is 10.7 Å². The van der Waals surface area contributed by atoms with Gasteiger partial charge in [0.15, 0.2) is 0 Å². The molecule has 2 aromatic carbocycles. The number of aromatic nitrogens is 1. The van der Waals surface area contributed by atoms with Gasteiger partial charge in [-0.1, -0.05) is 74.5 Å². The molecule has 2 aliphatic rings. The molecule has 0 spiro atoms. The summed E-state index contributed by atoms with van der Waals surface area (Å²) in [5.41, 5.74) is 3.77. The standard InChI is InChI=1S/C24H17ClF2N2S2.2C2H6/c25-24-14(4-10-22-28-18-12-16(26)6-8-20(18)30-22)2-1-3-15(24)5-11-23-29-19-13-17(27)7-9-21(19)31-23;2*1-2/h4-13,28H,1-3H2;2*1-2H3/p+1/b11-5+,14-4+,22-10-;;. The Hall–Kier alpha value is -2.41. The van der Waals surface area contributed by atoms with Crippen LogP contribution in [0.25, 0.3) is 16.3 Å². The lowest BCUT2D eigenvalue weighted by molar-refractivity contribution is -0.341. The van der Waals surface area contributed by atoms with Crippen molar-refractivity contribution in [2.24, 2.45) is 0 Å². The van der Waals surface area contributed by atoms with E-state index in [-0.39, 0.29) is 11.6 Å². The van der Waals surface area contributed by atoms with Gasteiger partial charge in [0, 0.05) is 22.1 Å². The first-order valence-corrected chi connectivity index (χ1v) is 13.9. The van der Waals surface area contributed by atoms with Crippen molar-refractivity contribution in [2.75, 3.05) is 5.32 Å². The fraction of sp³-hybridized carbons (Fsp3) is 0.250. The highest BCUT2D eigenvalue weighted by Crippen LogP contribution is 2.41. The lowest BCUT2D eigenvalue weighted by Crippen LogP contribution is -2.01. The zero-order valence-electron chi connectivity index (χ0n) is 20.3. The molecule has 0 amide bonds. The summed E-state index contributed by atoms with van der Waals surface area (Å²) in [6.45, 7) is 8.00. The Labute approximate surface area is 219 Å². The van der Waals surface area contributed by atoms with Crippen molar-refractivity contribution in [2.45, 2.75) is 51.9 Å². The highest BCUT2D eigenvalue weighted by molar-refractivity contribution is 8.03. The van der Waals surface area contributed by atoms with Gasteiger partial charge >= 0.3 is 0 Å². The molecule has 2 N–H and O–H groups in total. The van der Waals surface area contributed by atoms with Crippen LogP contribution in [0.2, 0.25) is 0 Å². The van der Waals surface area contributed by atoms with Gasteiger partial charge in [-0.2, -0.15) is 4.98 Å². The molecular formula is C28H30ClF2N2S2+. The number of fused-ring (bicyclic) bond motifs is 2. The lowest BCUT2D eigenvalue weighted by Gasteiger charge is -2.16. The van der Waals surface area contributed by atoms with Crippen LogP contribution in [0, 0.1) is 11.6 Å². The van der Waals surface area contributed by atoms with E-state index in [0.29, 0.717) is 0 Å². The highest BCUT2D eigenvalue weighted by atomic mass is 35.5. The number of H-pyrrole nitrogens is 1. The van der Waals surface area contributed by atoms with E-state index in [1.807, 2.05) is 52.0 Å². The SMILES string of the molecule is CC.CC.Fc1ccc2c(c1)N/C(=C/C=C1\CCCC(/C=C/c3[nH+]c4cc(F)ccc4s3)=C1Cl)S2. The largest absolute Gasteiger partial charge is 0.349 e. The van der Waals surface area contributed by atoms with E-state index < -0.39 is 0 Å². The van der Waals surface area contributed by atoms with Crippen molar-refractivity contribution in [3.8, 4) is 0 Å². The number of rotatable bonds is 3. The summed E-state index contributed by atoms with van der Waals surface area (Å²) in [4.78, 5) is 4.25. The van der Waals surface area contributed by atoms with E-state index in [1.54, 1.807) is 35.2 Å². The molecule has 0 unspecified atom stereocenters. The van der Waals surface area contributed by atoms with E-state index in [0.717, 1.165) is 66.3 Å². The van der Waals surface area contributed by atoms with E-state index in [4.69, 9.17) is 11.6 Å². The second kappa shape index (κ2) is 13.1. The minimum absolute atomic E-state index is 0.248. The van der Waals surface area contributed by atoms with E-state index in [2.05, 4.69) is 10.3 Å². The fourth-order valence-electron chi connectivity index (χ4n) is 3.64. The molecule has 0 saturated heterocycles. The predicted molar refractivity (Wildman–Crippen MR) is 149 cm³/mol. The van der Waals surface area contributed by atoms with Crippen LogP contribution in [-0.2, 0) is 0 Å². The maximum atomic E-state index is 13.4. The molecule has 35 heavy (non-hydrogen) atoms. The fourth-order valence-corrected chi connectivity index (χ4v) is 5.74. The zero-order valence-corrected chi connectivity index (χ0v) is 22.7. The summed E-state index contributed by atoms with van der Waals surface area (Å²) >= 11 is 9.87. The first kappa shape index (κ1) is 27.2. The van der Waals surface area contributed by atoms with Crippen molar-refractivity contribution < 1.29 is 13.8 Å². The first-order valence-electron chi connectivity index (χ1n) is 11.9. The van der Waals surface area contributed by atoms with Crippen LogP contribution < -0.4 is 10.3 Å². The number of halogens is 3. The minimum Gasteiger partial charge on any atom is -0.349 e. The second-order valence-corrected chi connectivity index (χ2v) is 9.89. The van der Waals surface area contributed by atoms with E-state index >= 15 is 0 Å². The average Bonchev–Trinajstić information content (AvgIpc) is 3.47. The molecule has 1 aromatic heterocycles.